The van der Waals surface area contributed by atoms with E-state index in [9.17, 15) is 9.59 Å². The van der Waals surface area contributed by atoms with Crippen molar-refractivity contribution in [3.8, 4) is 22.5 Å². The maximum Gasteiger partial charge on any atom is 0.411 e. The Morgan fingerprint density at radius 3 is 2.14 bits per heavy atom. The topological polar surface area (TPSA) is 130 Å². The predicted molar refractivity (Wildman–Crippen MR) is 186 cm³/mol. The number of furan rings is 1. The van der Waals surface area contributed by atoms with E-state index in [1.807, 2.05) is 71.0 Å². The molecule has 3 fully saturated rings. The highest BCUT2D eigenvalue weighted by Crippen LogP contribution is 2.52. The van der Waals surface area contributed by atoms with Crippen LogP contribution in [0.4, 0.5) is 9.59 Å². The Labute approximate surface area is 285 Å². The third-order valence-corrected chi connectivity index (χ3v) is 10.1. The normalized spacial score (nSPS) is 22.5. The summed E-state index contributed by atoms with van der Waals surface area (Å²) in [7, 11) is 0. The van der Waals surface area contributed by atoms with Gasteiger partial charge >= 0.3 is 12.2 Å². The second-order valence-electron chi connectivity index (χ2n) is 15.9. The van der Waals surface area contributed by atoms with Crippen molar-refractivity contribution in [1.82, 2.24) is 29.7 Å². The van der Waals surface area contributed by atoms with Gasteiger partial charge in [0, 0.05) is 35.0 Å². The van der Waals surface area contributed by atoms with E-state index in [0.717, 1.165) is 88.2 Å². The maximum absolute atomic E-state index is 13.2. The molecular weight excluding hydrogens is 620 g/mol. The lowest BCUT2D eigenvalue weighted by Crippen LogP contribution is -2.48. The third kappa shape index (κ3) is 5.62. The van der Waals surface area contributed by atoms with Crippen molar-refractivity contribution in [2.45, 2.75) is 96.4 Å². The van der Waals surface area contributed by atoms with Gasteiger partial charge in [0.15, 0.2) is 0 Å². The maximum atomic E-state index is 13.2. The molecular formula is C38H44N6O5. The van der Waals surface area contributed by atoms with Crippen LogP contribution in [0.1, 0.15) is 91.3 Å². The molecule has 8 rings (SSSR count). The van der Waals surface area contributed by atoms with E-state index < -0.39 is 16.7 Å². The SMILES string of the molecule is CC(C)(C)OC(=O)N1CCCC1c1ncc(-c2ccc3c(c2)oc2cc(-c4cnc(C56CCC(CN5C(=O)OC(C)(C)C)C6)[nH]4)ccc23)[nH]1. The van der Waals surface area contributed by atoms with E-state index in [2.05, 4.69) is 39.2 Å². The number of amides is 2. The van der Waals surface area contributed by atoms with Gasteiger partial charge in [0.2, 0.25) is 0 Å². The van der Waals surface area contributed by atoms with Crippen molar-refractivity contribution in [3.05, 3.63) is 60.4 Å². The highest BCUT2D eigenvalue weighted by Gasteiger charge is 2.56. The molecule has 0 radical (unpaired) electrons. The molecule has 3 aliphatic rings. The first kappa shape index (κ1) is 31.5. The number of piperidine rings is 1. The van der Waals surface area contributed by atoms with Gasteiger partial charge in [0.25, 0.3) is 0 Å². The van der Waals surface area contributed by atoms with Crippen molar-refractivity contribution in [2.75, 3.05) is 13.1 Å². The van der Waals surface area contributed by atoms with Crippen LogP contribution in [0.15, 0.2) is 53.2 Å². The van der Waals surface area contributed by atoms with Crippen LogP contribution in [0.25, 0.3) is 44.5 Å². The van der Waals surface area contributed by atoms with E-state index in [0.29, 0.717) is 19.0 Å². The summed E-state index contributed by atoms with van der Waals surface area (Å²) in [5, 5.41) is 2.05. The minimum atomic E-state index is -0.556. The molecule has 11 nitrogen and oxygen atoms in total. The fourth-order valence-corrected chi connectivity index (χ4v) is 7.93. The second-order valence-corrected chi connectivity index (χ2v) is 15.9. The number of fused-ring (bicyclic) bond motifs is 5. The summed E-state index contributed by atoms with van der Waals surface area (Å²) in [6.45, 7) is 12.7. The van der Waals surface area contributed by atoms with Gasteiger partial charge in [-0.05, 0) is 104 Å². The van der Waals surface area contributed by atoms with Crippen LogP contribution in [-0.2, 0) is 15.0 Å². The largest absolute Gasteiger partial charge is 0.456 e. The monoisotopic (exact) mass is 664 g/mol. The van der Waals surface area contributed by atoms with E-state index >= 15 is 0 Å². The van der Waals surface area contributed by atoms with Crippen molar-refractivity contribution in [3.63, 3.8) is 0 Å². The number of carbonyl (C=O) groups excluding carboxylic acids is 2. The summed E-state index contributed by atoms with van der Waals surface area (Å²) in [6, 6.07) is 12.2. The average molecular weight is 665 g/mol. The van der Waals surface area contributed by atoms with Gasteiger partial charge in [-0.2, -0.15) is 0 Å². The smallest absolute Gasteiger partial charge is 0.411 e. The zero-order chi connectivity index (χ0) is 34.3. The van der Waals surface area contributed by atoms with Crippen LogP contribution in [0.3, 0.4) is 0 Å². The minimum absolute atomic E-state index is 0.149. The molecule has 1 saturated carbocycles. The van der Waals surface area contributed by atoms with Gasteiger partial charge in [0.05, 0.1) is 29.8 Å². The molecule has 2 bridgehead atoms. The number of likely N-dealkylation sites (tertiary alicyclic amines) is 2. The first-order chi connectivity index (χ1) is 23.3. The molecule has 5 heterocycles. The number of hydrogen-bond donors (Lipinski definition) is 2. The average Bonchev–Trinajstić information content (AvgIpc) is 3.87. The molecule has 11 heteroatoms. The summed E-state index contributed by atoms with van der Waals surface area (Å²) >= 11 is 0. The number of benzene rings is 2. The fraction of sp³-hybridized carbons (Fsp3) is 0.474. The van der Waals surface area contributed by atoms with E-state index in [4.69, 9.17) is 18.9 Å². The first-order valence-corrected chi connectivity index (χ1v) is 17.3. The highest BCUT2D eigenvalue weighted by atomic mass is 16.6. The standard InChI is InChI=1S/C38H44N6O5/c1-36(2,3)48-34(45)43-15-7-8-29(43)32-39-19-27(41-32)23-9-11-25-26-12-10-24(17-31(26)47-30(25)16-23)28-20-40-33(42-28)38-14-13-22(18-38)21-44(38)35(46)49-37(4,5)6/h9-12,16-17,19-20,22,29H,7-8,13-15,18,21H2,1-6H3,(H,39,41)(H,40,42). The summed E-state index contributed by atoms with van der Waals surface area (Å²) in [6.07, 6.45) is 7.66. The van der Waals surface area contributed by atoms with Crippen molar-refractivity contribution >= 4 is 34.1 Å². The Morgan fingerprint density at radius 2 is 1.49 bits per heavy atom. The Morgan fingerprint density at radius 1 is 0.857 bits per heavy atom. The number of imidazole rings is 2. The van der Waals surface area contributed by atoms with E-state index in [-0.39, 0.29) is 18.2 Å². The molecule has 3 unspecified atom stereocenters. The number of aromatic nitrogens is 4. The molecule has 3 atom stereocenters. The van der Waals surface area contributed by atoms with Crippen molar-refractivity contribution in [1.29, 1.82) is 0 Å². The molecule has 5 aromatic rings. The number of hydrogen-bond acceptors (Lipinski definition) is 7. The van der Waals surface area contributed by atoms with Crippen LogP contribution in [0, 0.1) is 5.92 Å². The molecule has 49 heavy (non-hydrogen) atoms. The van der Waals surface area contributed by atoms with Gasteiger partial charge in [0.1, 0.15) is 39.6 Å². The van der Waals surface area contributed by atoms with Crippen LogP contribution in [0.5, 0.6) is 0 Å². The molecule has 2 aromatic carbocycles. The first-order valence-electron chi connectivity index (χ1n) is 17.3. The summed E-state index contributed by atoms with van der Waals surface area (Å²) in [5.41, 5.74) is 3.63. The molecule has 1 aliphatic carbocycles. The lowest BCUT2D eigenvalue weighted by Gasteiger charge is -2.38. The molecule has 256 valence electrons. The molecule has 2 N–H and O–H groups in total. The zero-order valence-corrected chi connectivity index (χ0v) is 29.1. The van der Waals surface area contributed by atoms with Crippen LogP contribution in [0.2, 0.25) is 0 Å². The Hall–Kier alpha value is -4.80. The number of rotatable bonds is 4. The van der Waals surface area contributed by atoms with E-state index in [1.54, 1.807) is 4.90 Å². The van der Waals surface area contributed by atoms with Gasteiger partial charge in [-0.1, -0.05) is 12.1 Å². The number of nitrogens with zero attached hydrogens (tertiary/aromatic N) is 4. The number of carbonyl (C=O) groups is 2. The highest BCUT2D eigenvalue weighted by molar-refractivity contribution is 6.06. The molecule has 2 aliphatic heterocycles. The molecule has 3 aromatic heterocycles. The lowest BCUT2D eigenvalue weighted by molar-refractivity contribution is 0.000443. The van der Waals surface area contributed by atoms with Gasteiger partial charge < -0.3 is 23.9 Å². The number of aromatic amines is 2. The number of H-pyrrole nitrogens is 2. The number of ether oxygens (including phenoxy) is 2. The third-order valence-electron chi connectivity index (χ3n) is 10.1. The van der Waals surface area contributed by atoms with Crippen LogP contribution in [-0.4, -0.2) is 66.2 Å². The predicted octanol–water partition coefficient (Wildman–Crippen LogP) is 8.68. The minimum Gasteiger partial charge on any atom is -0.456 e. The van der Waals surface area contributed by atoms with Gasteiger partial charge in [-0.3, -0.25) is 9.80 Å². The lowest BCUT2D eigenvalue weighted by atomic mass is 9.96. The fourth-order valence-electron chi connectivity index (χ4n) is 7.93. The Balaban J connectivity index is 1.04. The molecule has 2 amide bonds. The van der Waals surface area contributed by atoms with Gasteiger partial charge in [-0.15, -0.1) is 0 Å². The Bertz CT molecular complexity index is 2080. The van der Waals surface area contributed by atoms with Crippen LogP contribution >= 0.6 is 0 Å². The summed E-state index contributed by atoms with van der Waals surface area (Å²) in [5.74, 6) is 2.03. The Kier molecular flexibility index (Phi) is 7.14. The van der Waals surface area contributed by atoms with E-state index in [1.165, 1.54) is 0 Å². The van der Waals surface area contributed by atoms with Crippen molar-refractivity contribution in [2.24, 2.45) is 5.92 Å². The van der Waals surface area contributed by atoms with Crippen molar-refractivity contribution < 1.29 is 23.5 Å². The molecule has 2 saturated heterocycles. The molecule has 0 spiro atoms. The number of nitrogens with one attached hydrogen (secondary N) is 2. The quantitative estimate of drug-likeness (QED) is 0.197. The summed E-state index contributed by atoms with van der Waals surface area (Å²) < 4.78 is 17.9. The second kappa shape index (κ2) is 11.1. The van der Waals surface area contributed by atoms with Gasteiger partial charge in [-0.25, -0.2) is 19.6 Å². The zero-order valence-electron chi connectivity index (χ0n) is 29.1. The van der Waals surface area contributed by atoms with Crippen LogP contribution < -0.4 is 0 Å². The summed E-state index contributed by atoms with van der Waals surface area (Å²) in [4.78, 5) is 46.3.